The van der Waals surface area contributed by atoms with E-state index in [4.69, 9.17) is 14.2 Å². The molecule has 1 heterocycles. The number of carbonyl (C=O) groups excluding carboxylic acids is 1. The SMILES string of the molecule is COc1cc(/C=C/C(=O)NC[C@@H]2COc3ccccc3O2)ccc1OC(F)F. The van der Waals surface area contributed by atoms with Gasteiger partial charge in [0.25, 0.3) is 0 Å². The molecule has 2 aromatic carbocycles. The highest BCUT2D eigenvalue weighted by Crippen LogP contribution is 2.31. The zero-order valence-corrected chi connectivity index (χ0v) is 15.1. The number of halogens is 2. The van der Waals surface area contributed by atoms with Gasteiger partial charge < -0.3 is 24.3 Å². The van der Waals surface area contributed by atoms with Crippen LogP contribution in [0.15, 0.2) is 48.5 Å². The fourth-order valence-corrected chi connectivity index (χ4v) is 2.59. The Kier molecular flexibility index (Phi) is 6.31. The molecule has 148 valence electrons. The highest BCUT2D eigenvalue weighted by Gasteiger charge is 2.20. The van der Waals surface area contributed by atoms with Gasteiger partial charge in [-0.15, -0.1) is 0 Å². The van der Waals surface area contributed by atoms with Gasteiger partial charge >= 0.3 is 6.61 Å². The normalized spacial score (nSPS) is 15.5. The summed E-state index contributed by atoms with van der Waals surface area (Å²) >= 11 is 0. The quantitative estimate of drug-likeness (QED) is 0.734. The number of ether oxygens (including phenoxy) is 4. The average molecular weight is 391 g/mol. The molecule has 1 N–H and O–H groups in total. The first-order valence-electron chi connectivity index (χ1n) is 8.52. The van der Waals surface area contributed by atoms with E-state index in [0.29, 0.717) is 23.7 Å². The molecule has 0 bridgehead atoms. The predicted molar refractivity (Wildman–Crippen MR) is 98.0 cm³/mol. The van der Waals surface area contributed by atoms with Crippen molar-refractivity contribution in [1.82, 2.24) is 5.32 Å². The lowest BCUT2D eigenvalue weighted by Crippen LogP contribution is -2.40. The fraction of sp³-hybridized carbons (Fsp3) is 0.250. The van der Waals surface area contributed by atoms with E-state index in [9.17, 15) is 13.6 Å². The minimum Gasteiger partial charge on any atom is -0.493 e. The maximum atomic E-state index is 12.3. The number of hydrogen-bond acceptors (Lipinski definition) is 5. The molecule has 0 saturated heterocycles. The molecule has 0 fully saturated rings. The van der Waals surface area contributed by atoms with Gasteiger partial charge in [-0.05, 0) is 35.9 Å². The lowest BCUT2D eigenvalue weighted by Gasteiger charge is -2.26. The van der Waals surface area contributed by atoms with Gasteiger partial charge in [-0.2, -0.15) is 8.78 Å². The van der Waals surface area contributed by atoms with Crippen LogP contribution in [0.4, 0.5) is 8.78 Å². The molecule has 1 atom stereocenters. The van der Waals surface area contributed by atoms with E-state index in [1.165, 1.54) is 31.4 Å². The maximum absolute atomic E-state index is 12.3. The topological polar surface area (TPSA) is 66.0 Å². The molecule has 0 saturated carbocycles. The Bertz CT molecular complexity index is 856. The lowest BCUT2D eigenvalue weighted by atomic mass is 10.2. The van der Waals surface area contributed by atoms with Crippen LogP contribution in [0.3, 0.4) is 0 Å². The molecule has 6 nitrogen and oxygen atoms in total. The van der Waals surface area contributed by atoms with Crippen LogP contribution in [0.2, 0.25) is 0 Å². The second kappa shape index (κ2) is 9.07. The largest absolute Gasteiger partial charge is 0.493 e. The number of carbonyl (C=O) groups is 1. The second-order valence-electron chi connectivity index (χ2n) is 5.86. The van der Waals surface area contributed by atoms with Crippen molar-refractivity contribution in [2.45, 2.75) is 12.7 Å². The minimum atomic E-state index is -2.95. The van der Waals surface area contributed by atoms with E-state index in [1.54, 1.807) is 12.1 Å². The maximum Gasteiger partial charge on any atom is 0.387 e. The summed E-state index contributed by atoms with van der Waals surface area (Å²) in [5.41, 5.74) is 0.597. The first-order chi connectivity index (χ1) is 13.5. The second-order valence-corrected chi connectivity index (χ2v) is 5.86. The van der Waals surface area contributed by atoms with Crippen LogP contribution in [-0.2, 0) is 4.79 Å². The van der Waals surface area contributed by atoms with Gasteiger partial charge in [0.2, 0.25) is 5.91 Å². The molecule has 1 amide bonds. The Morgan fingerprint density at radius 2 is 2.04 bits per heavy atom. The molecule has 1 aliphatic heterocycles. The monoisotopic (exact) mass is 391 g/mol. The highest BCUT2D eigenvalue weighted by molar-refractivity contribution is 5.91. The fourth-order valence-electron chi connectivity index (χ4n) is 2.59. The molecule has 8 heteroatoms. The summed E-state index contributed by atoms with van der Waals surface area (Å²) in [4.78, 5) is 12.0. The number of nitrogens with one attached hydrogen (secondary N) is 1. The van der Waals surface area contributed by atoms with Crippen molar-refractivity contribution in [3.63, 3.8) is 0 Å². The van der Waals surface area contributed by atoms with Gasteiger partial charge in [0.1, 0.15) is 12.7 Å². The number of hydrogen-bond donors (Lipinski definition) is 1. The third-order valence-electron chi connectivity index (χ3n) is 3.90. The summed E-state index contributed by atoms with van der Waals surface area (Å²) in [6.07, 6.45) is 2.58. The molecular weight excluding hydrogens is 372 g/mol. The molecule has 28 heavy (non-hydrogen) atoms. The standard InChI is InChI=1S/C20H19F2NO5/c1-25-18-10-13(6-8-17(18)28-20(21)22)7-9-19(24)23-11-14-12-26-15-4-2-3-5-16(15)27-14/h2-10,14,20H,11-12H2,1H3,(H,23,24)/b9-7+/t14-/m1/s1. The van der Waals surface area contributed by atoms with Crippen molar-refractivity contribution in [3.8, 4) is 23.0 Å². The number of methoxy groups -OCH3 is 1. The molecule has 0 radical (unpaired) electrons. The van der Waals surface area contributed by atoms with Crippen LogP contribution in [-0.4, -0.2) is 38.9 Å². The third kappa shape index (κ3) is 5.12. The van der Waals surface area contributed by atoms with E-state index in [0.717, 1.165) is 0 Å². The van der Waals surface area contributed by atoms with Gasteiger partial charge in [0.15, 0.2) is 23.0 Å². The van der Waals surface area contributed by atoms with Crippen LogP contribution in [0.25, 0.3) is 6.08 Å². The molecule has 0 spiro atoms. The van der Waals surface area contributed by atoms with Crippen LogP contribution < -0.4 is 24.3 Å². The zero-order valence-electron chi connectivity index (χ0n) is 15.1. The van der Waals surface area contributed by atoms with Gasteiger partial charge in [0.05, 0.1) is 13.7 Å². The summed E-state index contributed by atoms with van der Waals surface area (Å²) in [5, 5.41) is 2.73. The number of fused-ring (bicyclic) bond motifs is 1. The van der Waals surface area contributed by atoms with Crippen molar-refractivity contribution in [2.24, 2.45) is 0 Å². The number of benzene rings is 2. The molecule has 0 aliphatic carbocycles. The predicted octanol–water partition coefficient (Wildman–Crippen LogP) is 3.27. The van der Waals surface area contributed by atoms with E-state index < -0.39 is 6.61 Å². The smallest absolute Gasteiger partial charge is 0.387 e. The third-order valence-corrected chi connectivity index (χ3v) is 3.90. The van der Waals surface area contributed by atoms with Crippen LogP contribution in [0, 0.1) is 0 Å². The molecule has 1 aliphatic rings. The summed E-state index contributed by atoms with van der Waals surface area (Å²) in [7, 11) is 1.35. The van der Waals surface area contributed by atoms with Crippen molar-refractivity contribution in [3.05, 3.63) is 54.1 Å². The van der Waals surface area contributed by atoms with E-state index in [1.807, 2.05) is 18.2 Å². The van der Waals surface area contributed by atoms with Crippen LogP contribution >= 0.6 is 0 Å². The Morgan fingerprint density at radius 3 is 2.79 bits per heavy atom. The first-order valence-corrected chi connectivity index (χ1v) is 8.52. The number of alkyl halides is 2. The van der Waals surface area contributed by atoms with E-state index in [2.05, 4.69) is 10.1 Å². The molecule has 0 aromatic heterocycles. The van der Waals surface area contributed by atoms with Gasteiger partial charge in [-0.1, -0.05) is 18.2 Å². The Morgan fingerprint density at radius 1 is 1.25 bits per heavy atom. The first kappa shape index (κ1) is 19.5. The average Bonchev–Trinajstić information content (AvgIpc) is 2.71. The van der Waals surface area contributed by atoms with E-state index >= 15 is 0 Å². The van der Waals surface area contributed by atoms with Gasteiger partial charge in [-0.3, -0.25) is 4.79 Å². The minimum absolute atomic E-state index is 0.0752. The van der Waals surface area contributed by atoms with Crippen molar-refractivity contribution in [2.75, 3.05) is 20.3 Å². The number of para-hydroxylation sites is 2. The lowest BCUT2D eigenvalue weighted by molar-refractivity contribution is -0.116. The highest BCUT2D eigenvalue weighted by atomic mass is 19.3. The summed E-state index contributed by atoms with van der Waals surface area (Å²) in [5.74, 6) is 1.07. The summed E-state index contributed by atoms with van der Waals surface area (Å²) < 4.78 is 45.4. The summed E-state index contributed by atoms with van der Waals surface area (Å²) in [6, 6.07) is 11.7. The Balaban J connectivity index is 1.53. The Labute approximate surface area is 160 Å². The van der Waals surface area contributed by atoms with Crippen LogP contribution in [0.1, 0.15) is 5.56 Å². The molecule has 3 rings (SSSR count). The molecule has 0 unspecified atom stereocenters. The van der Waals surface area contributed by atoms with Crippen molar-refractivity contribution < 1.29 is 32.5 Å². The van der Waals surface area contributed by atoms with Gasteiger partial charge in [-0.25, -0.2) is 0 Å². The Hall–Kier alpha value is -3.29. The van der Waals surface area contributed by atoms with E-state index in [-0.39, 0.29) is 30.1 Å². The number of amides is 1. The molecular formula is C20H19F2NO5. The van der Waals surface area contributed by atoms with Crippen LogP contribution in [0.5, 0.6) is 23.0 Å². The molecule has 2 aromatic rings. The number of rotatable bonds is 7. The van der Waals surface area contributed by atoms with Crippen molar-refractivity contribution >= 4 is 12.0 Å². The van der Waals surface area contributed by atoms with Gasteiger partial charge in [0, 0.05) is 6.08 Å². The zero-order chi connectivity index (χ0) is 19.9. The van der Waals surface area contributed by atoms with Crippen molar-refractivity contribution in [1.29, 1.82) is 0 Å². The summed E-state index contributed by atoms with van der Waals surface area (Å²) in [6.45, 7) is -2.33.